The number of fused-ring (bicyclic) bond motifs is 1. The molecule has 1 N–H and O–H groups in total. The van der Waals surface area contributed by atoms with Gasteiger partial charge in [0.2, 0.25) is 0 Å². The molecule has 0 heterocycles. The lowest BCUT2D eigenvalue weighted by Crippen LogP contribution is -2.46. The molecule has 0 aromatic rings. The van der Waals surface area contributed by atoms with Gasteiger partial charge in [-0.1, -0.05) is 110 Å². The van der Waals surface area contributed by atoms with E-state index in [2.05, 4.69) is 131 Å². The lowest BCUT2D eigenvalue weighted by molar-refractivity contribution is 0.0907. The molecule has 0 bridgehead atoms. The fourth-order valence-electron chi connectivity index (χ4n) is 8.20. The number of aliphatic hydroxyl groups excluding tert-OH is 1. The van der Waals surface area contributed by atoms with E-state index in [0.717, 1.165) is 30.6 Å². The third kappa shape index (κ3) is 9.38. The summed E-state index contributed by atoms with van der Waals surface area (Å²) in [5, 5.41) is 11.5. The second kappa shape index (κ2) is 16.6. The van der Waals surface area contributed by atoms with Gasteiger partial charge < -0.3 is 14.0 Å². The van der Waals surface area contributed by atoms with Crippen molar-refractivity contribution < 1.29 is 14.0 Å². The van der Waals surface area contributed by atoms with Crippen LogP contribution in [0.3, 0.4) is 0 Å². The van der Waals surface area contributed by atoms with E-state index in [-0.39, 0.29) is 28.3 Å². The Balaban J connectivity index is 1.70. The first-order valence-corrected chi connectivity index (χ1v) is 25.6. The van der Waals surface area contributed by atoms with Crippen LogP contribution in [0.2, 0.25) is 36.3 Å². The Labute approximate surface area is 297 Å². The molecular weight excluding hydrogens is 629 g/mol. The first kappa shape index (κ1) is 40.8. The first-order chi connectivity index (χ1) is 22.0. The van der Waals surface area contributed by atoms with Crippen molar-refractivity contribution in [2.75, 3.05) is 5.75 Å². The zero-order chi connectivity index (χ0) is 35.3. The average molecular weight is 701 g/mol. The van der Waals surface area contributed by atoms with Crippen LogP contribution >= 0.6 is 11.8 Å². The van der Waals surface area contributed by atoms with Gasteiger partial charge in [-0.15, -0.1) is 0 Å². The van der Waals surface area contributed by atoms with Gasteiger partial charge in [0.05, 0.1) is 17.8 Å². The van der Waals surface area contributed by atoms with Crippen molar-refractivity contribution in [2.45, 2.75) is 180 Å². The summed E-state index contributed by atoms with van der Waals surface area (Å²) in [6.07, 6.45) is 19.9. The largest absolute Gasteiger partial charge is 0.410 e. The van der Waals surface area contributed by atoms with Crippen molar-refractivity contribution in [1.29, 1.82) is 0 Å². The van der Waals surface area contributed by atoms with E-state index < -0.39 is 16.6 Å². The maximum absolute atomic E-state index is 10.8. The van der Waals surface area contributed by atoms with Crippen molar-refractivity contribution >= 4 is 28.4 Å². The highest BCUT2D eigenvalue weighted by Crippen LogP contribution is 2.57. The minimum Gasteiger partial charge on any atom is -0.410 e. The lowest BCUT2D eigenvalue weighted by atomic mass is 9.64. The van der Waals surface area contributed by atoms with Gasteiger partial charge in [-0.3, -0.25) is 0 Å². The normalized spacial score (nSPS) is 28.7. The highest BCUT2D eigenvalue weighted by Gasteiger charge is 2.46. The van der Waals surface area contributed by atoms with Crippen molar-refractivity contribution in [3.8, 4) is 0 Å². The molecule has 1 unspecified atom stereocenters. The number of hydrogen-bond donors (Lipinski definition) is 1. The third-order valence-electron chi connectivity index (χ3n) is 12.9. The predicted molar refractivity (Wildman–Crippen MR) is 213 cm³/mol. The van der Waals surface area contributed by atoms with Crippen LogP contribution in [0.25, 0.3) is 0 Å². The summed E-state index contributed by atoms with van der Waals surface area (Å²) in [7, 11) is -3.65. The Bertz CT molecular complexity index is 1180. The Morgan fingerprint density at radius 3 is 2.30 bits per heavy atom. The minimum absolute atomic E-state index is 0.0893. The van der Waals surface area contributed by atoms with Crippen LogP contribution in [0.5, 0.6) is 0 Å². The Morgan fingerprint density at radius 1 is 1.09 bits per heavy atom. The van der Waals surface area contributed by atoms with E-state index in [1.165, 1.54) is 43.0 Å². The summed E-state index contributed by atoms with van der Waals surface area (Å²) in [6.45, 7) is 32.5. The zero-order valence-electron chi connectivity index (χ0n) is 32.6. The molecule has 3 aliphatic carbocycles. The van der Waals surface area contributed by atoms with Crippen LogP contribution in [-0.4, -0.2) is 50.6 Å². The molecule has 3 nitrogen and oxygen atoms in total. The molecule has 3 rings (SSSR count). The second-order valence-corrected chi connectivity index (χ2v) is 27.5. The molecule has 0 spiro atoms. The molecule has 0 saturated heterocycles. The van der Waals surface area contributed by atoms with Gasteiger partial charge in [-0.05, 0) is 111 Å². The topological polar surface area (TPSA) is 38.7 Å². The van der Waals surface area contributed by atoms with Crippen LogP contribution in [0.15, 0.2) is 59.3 Å². The minimum atomic E-state index is -1.97. The molecule has 5 atom stereocenters. The highest BCUT2D eigenvalue weighted by molar-refractivity contribution is 8.00. The lowest BCUT2D eigenvalue weighted by Gasteiger charge is -2.43. The van der Waals surface area contributed by atoms with Gasteiger partial charge in [0.25, 0.3) is 0 Å². The van der Waals surface area contributed by atoms with Crippen LogP contribution < -0.4 is 0 Å². The summed E-state index contributed by atoms with van der Waals surface area (Å²) in [4.78, 5) is 0. The quantitative estimate of drug-likeness (QED) is 0.136. The molecule has 47 heavy (non-hydrogen) atoms. The van der Waals surface area contributed by atoms with Crippen LogP contribution in [-0.2, 0) is 8.85 Å². The average Bonchev–Trinajstić information content (AvgIpc) is 3.39. The molecule has 2 saturated carbocycles. The molecule has 0 aromatic heterocycles. The fourth-order valence-corrected chi connectivity index (χ4v) is 13.7. The predicted octanol–water partition coefficient (Wildman–Crippen LogP) is 12.3. The third-order valence-corrected chi connectivity index (χ3v) is 23.3. The van der Waals surface area contributed by atoms with Gasteiger partial charge in [0, 0.05) is 17.4 Å². The molecule has 6 heteroatoms. The van der Waals surface area contributed by atoms with Gasteiger partial charge in [0.15, 0.2) is 16.6 Å². The molecule has 0 amide bonds. The molecule has 0 aliphatic heterocycles. The van der Waals surface area contributed by atoms with Gasteiger partial charge in [0.1, 0.15) is 0 Å². The maximum Gasteiger partial charge on any atom is 0.193 e. The summed E-state index contributed by atoms with van der Waals surface area (Å²) in [5.41, 5.74) is 5.59. The van der Waals surface area contributed by atoms with Crippen molar-refractivity contribution in [2.24, 2.45) is 11.3 Å². The van der Waals surface area contributed by atoms with E-state index in [0.29, 0.717) is 24.0 Å². The second-order valence-electron chi connectivity index (χ2n) is 16.6. The number of allylic oxidation sites excluding steroid dienone is 4. The van der Waals surface area contributed by atoms with Gasteiger partial charge in [-0.25, -0.2) is 0 Å². The number of thioether (sulfide) groups is 1. The summed E-state index contributed by atoms with van der Waals surface area (Å²) in [5.74, 6) is 1.60. The molecular formula is C41H72O3SSi2. The SMILES string of the molecule is C=C1/C(=C\C=C2/CCC[C@]3(C)C(C(C)SC/C=C\C(CC)(CC)O[Si](CC)(CC)CC)=CC[C@@H]23)C[C@@H](O)C[C@@H]1O[Si](C)(C)C(C)(C)C. The molecule has 0 aromatic carbocycles. The summed E-state index contributed by atoms with van der Waals surface area (Å²) >= 11 is 2.09. The highest BCUT2D eigenvalue weighted by atomic mass is 32.2. The van der Waals surface area contributed by atoms with E-state index in [1.54, 1.807) is 11.1 Å². The smallest absolute Gasteiger partial charge is 0.193 e. The van der Waals surface area contributed by atoms with E-state index in [4.69, 9.17) is 8.85 Å². The number of aliphatic hydroxyl groups is 1. The summed E-state index contributed by atoms with van der Waals surface area (Å²) < 4.78 is 13.9. The Kier molecular flexibility index (Phi) is 14.4. The fraction of sp³-hybridized carbons (Fsp3) is 0.756. The van der Waals surface area contributed by atoms with Crippen LogP contribution in [0.1, 0.15) is 121 Å². The maximum atomic E-state index is 10.8. The number of hydrogen-bond acceptors (Lipinski definition) is 4. The molecule has 2 fully saturated rings. The van der Waals surface area contributed by atoms with Crippen molar-refractivity contribution in [1.82, 2.24) is 0 Å². The first-order valence-electron chi connectivity index (χ1n) is 19.1. The van der Waals surface area contributed by atoms with Crippen LogP contribution in [0.4, 0.5) is 0 Å². The standard InChI is InChI=1S/C41H72O3SSi2/c1-14-41(15-2,44-47(16-3,17-4)18-5)27-20-28-45-32(7)36-24-25-37-33(21-19-26-40(36,37)11)22-23-34-29-35(42)30-38(31(34)6)43-46(12,13)39(8,9)10/h20,22-24,27,32,35,37-38,42H,6,14-19,21,25-26,28-30H2,1-5,7-13H3/b27-20-,33-22+,34-23-/t32?,35-,37+,38+,40-/m1/s1. The van der Waals surface area contributed by atoms with E-state index in [9.17, 15) is 5.11 Å². The van der Waals surface area contributed by atoms with Gasteiger partial charge in [-0.2, -0.15) is 11.8 Å². The van der Waals surface area contributed by atoms with Crippen molar-refractivity contribution in [3.05, 3.63) is 59.3 Å². The monoisotopic (exact) mass is 700 g/mol. The van der Waals surface area contributed by atoms with E-state index in [1.807, 2.05) is 0 Å². The molecule has 0 radical (unpaired) electrons. The van der Waals surface area contributed by atoms with Crippen LogP contribution in [0, 0.1) is 11.3 Å². The zero-order valence-corrected chi connectivity index (χ0v) is 35.4. The Hall–Kier alpha value is -0.636. The van der Waals surface area contributed by atoms with Crippen molar-refractivity contribution in [3.63, 3.8) is 0 Å². The molecule has 3 aliphatic rings. The Morgan fingerprint density at radius 2 is 1.72 bits per heavy atom. The van der Waals surface area contributed by atoms with Gasteiger partial charge >= 0.3 is 0 Å². The van der Waals surface area contributed by atoms with E-state index >= 15 is 0 Å². The summed E-state index contributed by atoms with van der Waals surface area (Å²) in [6, 6.07) is 3.60. The molecule has 268 valence electrons. The number of rotatable bonds is 15.